The molecule has 1 aromatic rings. The van der Waals surface area contributed by atoms with Crippen LogP contribution in [0.15, 0.2) is 22.8 Å². The number of pyridine rings is 1. The molecule has 1 heterocycles. The molecule has 0 spiro atoms. The minimum Gasteiger partial charge on any atom is -0.481 e. The molecule has 1 unspecified atom stereocenters. The smallest absolute Gasteiger partial charge is 0.306 e. The van der Waals surface area contributed by atoms with Crippen LogP contribution in [0.2, 0.25) is 0 Å². The number of nitrogens with one attached hydrogen (secondary N) is 1. The largest absolute Gasteiger partial charge is 0.481 e. The monoisotopic (exact) mass is 314 g/mol. The molecular formula is C12H15BrN2O3. The average molecular weight is 315 g/mol. The lowest BCUT2D eigenvalue weighted by Gasteiger charge is -2.07. The number of aromatic nitrogens is 1. The first-order valence-corrected chi connectivity index (χ1v) is 6.43. The minimum atomic E-state index is -0.810. The first-order valence-electron chi connectivity index (χ1n) is 5.64. The molecular weight excluding hydrogens is 300 g/mol. The molecule has 0 aliphatic heterocycles. The lowest BCUT2D eigenvalue weighted by molar-refractivity contribution is -0.141. The Balaban J connectivity index is 2.32. The van der Waals surface area contributed by atoms with E-state index in [1.54, 1.807) is 25.1 Å². The minimum absolute atomic E-state index is 0.251. The highest BCUT2D eigenvalue weighted by Gasteiger charge is 2.11. The Morgan fingerprint density at radius 2 is 2.22 bits per heavy atom. The van der Waals surface area contributed by atoms with E-state index in [0.29, 0.717) is 29.7 Å². The number of carboxylic acids is 1. The van der Waals surface area contributed by atoms with Crippen molar-refractivity contribution in [2.75, 3.05) is 6.54 Å². The van der Waals surface area contributed by atoms with E-state index in [1.807, 2.05) is 0 Å². The first kappa shape index (κ1) is 14.6. The lowest BCUT2D eigenvalue weighted by Crippen LogP contribution is -2.26. The van der Waals surface area contributed by atoms with Crippen molar-refractivity contribution in [2.45, 2.75) is 19.8 Å². The Labute approximate surface area is 114 Å². The van der Waals surface area contributed by atoms with Crippen LogP contribution < -0.4 is 5.32 Å². The van der Waals surface area contributed by atoms with Crippen LogP contribution in [0.4, 0.5) is 0 Å². The molecule has 0 aliphatic carbocycles. The fourth-order valence-corrected chi connectivity index (χ4v) is 1.70. The van der Waals surface area contributed by atoms with E-state index in [4.69, 9.17) is 5.11 Å². The molecule has 0 bridgehead atoms. The van der Waals surface area contributed by atoms with Crippen LogP contribution in [-0.2, 0) is 4.79 Å². The summed E-state index contributed by atoms with van der Waals surface area (Å²) in [5, 5.41) is 11.4. The zero-order valence-corrected chi connectivity index (χ0v) is 11.6. The summed E-state index contributed by atoms with van der Waals surface area (Å²) in [5.41, 5.74) is 0.343. The van der Waals surface area contributed by atoms with Crippen molar-refractivity contribution >= 4 is 27.8 Å². The number of carboxylic acid groups (broad SMARTS) is 1. The van der Waals surface area contributed by atoms with Gasteiger partial charge in [-0.05, 0) is 40.9 Å². The van der Waals surface area contributed by atoms with Gasteiger partial charge < -0.3 is 10.4 Å². The summed E-state index contributed by atoms with van der Waals surface area (Å²) in [6.07, 6.45) is 1.18. The Morgan fingerprint density at radius 1 is 1.50 bits per heavy atom. The summed E-state index contributed by atoms with van der Waals surface area (Å²) in [6.45, 7) is 2.10. The van der Waals surface area contributed by atoms with Crippen LogP contribution >= 0.6 is 15.9 Å². The highest BCUT2D eigenvalue weighted by Crippen LogP contribution is 2.07. The summed E-state index contributed by atoms with van der Waals surface area (Å²) in [7, 11) is 0. The van der Waals surface area contributed by atoms with Gasteiger partial charge >= 0.3 is 5.97 Å². The summed E-state index contributed by atoms with van der Waals surface area (Å²) in [6, 6.07) is 5.10. The highest BCUT2D eigenvalue weighted by molar-refractivity contribution is 9.10. The van der Waals surface area contributed by atoms with Crippen LogP contribution in [0.1, 0.15) is 30.3 Å². The second-order valence-corrected chi connectivity index (χ2v) is 4.80. The van der Waals surface area contributed by atoms with Gasteiger partial charge in [0.1, 0.15) is 10.3 Å². The van der Waals surface area contributed by atoms with Crippen LogP contribution in [0.25, 0.3) is 0 Å². The van der Waals surface area contributed by atoms with Crippen LogP contribution in [0.3, 0.4) is 0 Å². The summed E-state index contributed by atoms with van der Waals surface area (Å²) in [5.74, 6) is -1.44. The number of carbonyl (C=O) groups is 2. The van der Waals surface area contributed by atoms with E-state index in [1.165, 1.54) is 0 Å². The predicted octanol–water partition coefficient (Wildman–Crippen LogP) is 2.07. The molecule has 1 rings (SSSR count). The standard InChI is InChI=1S/C12H15BrN2O3/c1-8(12(17)18)4-3-7-14-11(16)9-5-2-6-10(13)15-9/h2,5-6,8H,3-4,7H2,1H3,(H,14,16)(H,17,18). The molecule has 2 N–H and O–H groups in total. The zero-order chi connectivity index (χ0) is 13.5. The maximum atomic E-state index is 11.7. The first-order chi connectivity index (χ1) is 8.50. The number of carbonyl (C=O) groups excluding carboxylic acids is 1. The van der Waals surface area contributed by atoms with Gasteiger partial charge in [0.05, 0.1) is 5.92 Å². The van der Waals surface area contributed by atoms with Crippen molar-refractivity contribution in [1.82, 2.24) is 10.3 Å². The number of nitrogens with zero attached hydrogens (tertiary/aromatic N) is 1. The highest BCUT2D eigenvalue weighted by atomic mass is 79.9. The van der Waals surface area contributed by atoms with Crippen molar-refractivity contribution in [2.24, 2.45) is 5.92 Å². The molecule has 1 amide bonds. The Bertz CT molecular complexity index is 437. The van der Waals surface area contributed by atoms with Crippen molar-refractivity contribution < 1.29 is 14.7 Å². The SMILES string of the molecule is CC(CCCNC(=O)c1cccc(Br)n1)C(=O)O. The third kappa shape index (κ3) is 4.83. The fourth-order valence-electron chi connectivity index (χ4n) is 1.36. The third-order valence-electron chi connectivity index (χ3n) is 2.47. The molecule has 1 atom stereocenters. The van der Waals surface area contributed by atoms with E-state index in [2.05, 4.69) is 26.2 Å². The summed E-state index contributed by atoms with van der Waals surface area (Å²) >= 11 is 3.19. The molecule has 0 aromatic carbocycles. The molecule has 6 heteroatoms. The van der Waals surface area contributed by atoms with Gasteiger partial charge in [-0.1, -0.05) is 13.0 Å². The number of amides is 1. The number of aliphatic carboxylic acids is 1. The van der Waals surface area contributed by atoms with E-state index < -0.39 is 5.97 Å². The van der Waals surface area contributed by atoms with Gasteiger partial charge in [0.2, 0.25) is 0 Å². The van der Waals surface area contributed by atoms with E-state index >= 15 is 0 Å². The van der Waals surface area contributed by atoms with E-state index in [0.717, 1.165) is 0 Å². The number of halogens is 1. The molecule has 0 aliphatic rings. The predicted molar refractivity (Wildman–Crippen MR) is 70.3 cm³/mol. The number of rotatable bonds is 6. The van der Waals surface area contributed by atoms with Crippen LogP contribution in [0, 0.1) is 5.92 Å². The second kappa shape index (κ2) is 7.10. The molecule has 98 valence electrons. The lowest BCUT2D eigenvalue weighted by atomic mass is 10.1. The van der Waals surface area contributed by atoms with Crippen LogP contribution in [0.5, 0.6) is 0 Å². The molecule has 0 saturated heterocycles. The maximum Gasteiger partial charge on any atom is 0.306 e. The molecule has 0 radical (unpaired) electrons. The summed E-state index contributed by atoms with van der Waals surface area (Å²) < 4.78 is 0.606. The van der Waals surface area contributed by atoms with Gasteiger partial charge in [-0.15, -0.1) is 0 Å². The van der Waals surface area contributed by atoms with Gasteiger partial charge in [0, 0.05) is 6.54 Å². The second-order valence-electron chi connectivity index (χ2n) is 3.98. The Kier molecular flexibility index (Phi) is 5.77. The quantitative estimate of drug-likeness (QED) is 0.622. The van der Waals surface area contributed by atoms with Gasteiger partial charge in [0.25, 0.3) is 5.91 Å². The topological polar surface area (TPSA) is 79.3 Å². The van der Waals surface area contributed by atoms with Gasteiger partial charge in [-0.25, -0.2) is 4.98 Å². The normalized spacial score (nSPS) is 11.9. The van der Waals surface area contributed by atoms with E-state index in [9.17, 15) is 9.59 Å². The maximum absolute atomic E-state index is 11.7. The Morgan fingerprint density at radius 3 is 2.83 bits per heavy atom. The average Bonchev–Trinajstić information content (AvgIpc) is 2.33. The molecule has 1 aromatic heterocycles. The van der Waals surface area contributed by atoms with Crippen molar-refractivity contribution in [3.05, 3.63) is 28.5 Å². The number of hydrogen-bond donors (Lipinski definition) is 2. The molecule has 18 heavy (non-hydrogen) atoms. The molecule has 0 saturated carbocycles. The van der Waals surface area contributed by atoms with Crippen LogP contribution in [-0.4, -0.2) is 28.5 Å². The number of hydrogen-bond acceptors (Lipinski definition) is 3. The van der Waals surface area contributed by atoms with Crippen molar-refractivity contribution in [1.29, 1.82) is 0 Å². The fraction of sp³-hybridized carbons (Fsp3) is 0.417. The van der Waals surface area contributed by atoms with Gasteiger partial charge in [-0.2, -0.15) is 0 Å². The van der Waals surface area contributed by atoms with Gasteiger partial charge in [0.15, 0.2) is 0 Å². The zero-order valence-electron chi connectivity index (χ0n) is 10.0. The Hall–Kier alpha value is -1.43. The molecule has 0 fully saturated rings. The van der Waals surface area contributed by atoms with E-state index in [-0.39, 0.29) is 11.8 Å². The van der Waals surface area contributed by atoms with Gasteiger partial charge in [-0.3, -0.25) is 9.59 Å². The van der Waals surface area contributed by atoms with Crippen molar-refractivity contribution in [3.63, 3.8) is 0 Å². The van der Waals surface area contributed by atoms with Crippen molar-refractivity contribution in [3.8, 4) is 0 Å². The summed E-state index contributed by atoms with van der Waals surface area (Å²) in [4.78, 5) is 26.3. The molecule has 5 nitrogen and oxygen atoms in total. The third-order valence-corrected chi connectivity index (χ3v) is 2.91.